The number of nitrogens with zero attached hydrogens (tertiary/aromatic N) is 1. The summed E-state index contributed by atoms with van der Waals surface area (Å²) in [5.41, 5.74) is -0.518. The van der Waals surface area contributed by atoms with Gasteiger partial charge in [0.1, 0.15) is 0 Å². The summed E-state index contributed by atoms with van der Waals surface area (Å²) in [6.07, 6.45) is 5.40. The first kappa shape index (κ1) is 16.0. The summed E-state index contributed by atoms with van der Waals surface area (Å²) < 4.78 is 0. The second kappa shape index (κ2) is 6.16. The molecule has 1 aliphatic heterocycles. The van der Waals surface area contributed by atoms with E-state index in [-0.39, 0.29) is 30.7 Å². The van der Waals surface area contributed by atoms with E-state index in [1.165, 1.54) is 4.90 Å². The number of carbonyl (C=O) groups is 3. The van der Waals surface area contributed by atoms with Crippen molar-refractivity contribution in [2.75, 3.05) is 6.54 Å². The molecule has 0 aromatic rings. The van der Waals surface area contributed by atoms with Crippen LogP contribution in [-0.4, -0.2) is 34.3 Å². The molecule has 2 fully saturated rings. The Morgan fingerprint density at radius 2 is 1.86 bits per heavy atom. The second-order valence-electron chi connectivity index (χ2n) is 6.99. The van der Waals surface area contributed by atoms with Gasteiger partial charge in [0, 0.05) is 13.0 Å². The van der Waals surface area contributed by atoms with Crippen LogP contribution in [0.1, 0.15) is 58.8 Å². The molecule has 5 heteroatoms. The van der Waals surface area contributed by atoms with Gasteiger partial charge in [-0.05, 0) is 25.2 Å². The molecule has 1 atom stereocenters. The fraction of sp³-hybridized carbons (Fsp3) is 0.812. The van der Waals surface area contributed by atoms with E-state index in [1.807, 2.05) is 13.8 Å². The minimum Gasteiger partial charge on any atom is -0.481 e. The Bertz CT molecular complexity index is 438. The Morgan fingerprint density at radius 3 is 2.38 bits per heavy atom. The molecule has 1 spiro atoms. The molecule has 118 valence electrons. The number of rotatable bonds is 5. The Hall–Kier alpha value is -1.39. The fourth-order valence-electron chi connectivity index (χ4n) is 3.71. The highest BCUT2D eigenvalue weighted by Crippen LogP contribution is 2.45. The Labute approximate surface area is 125 Å². The lowest BCUT2D eigenvalue weighted by Crippen LogP contribution is -2.41. The predicted molar refractivity (Wildman–Crippen MR) is 77.4 cm³/mol. The van der Waals surface area contributed by atoms with Crippen LogP contribution in [0.5, 0.6) is 0 Å². The molecule has 0 radical (unpaired) electrons. The molecule has 2 rings (SSSR count). The van der Waals surface area contributed by atoms with E-state index < -0.39 is 17.3 Å². The van der Waals surface area contributed by atoms with Crippen molar-refractivity contribution in [3.63, 3.8) is 0 Å². The summed E-state index contributed by atoms with van der Waals surface area (Å²) in [6.45, 7) is 3.94. The molecule has 2 amide bonds. The molecule has 0 aromatic carbocycles. The molecule has 1 aliphatic carbocycles. The molecule has 0 bridgehead atoms. The zero-order valence-corrected chi connectivity index (χ0v) is 12.9. The van der Waals surface area contributed by atoms with Gasteiger partial charge in [-0.2, -0.15) is 0 Å². The van der Waals surface area contributed by atoms with Crippen molar-refractivity contribution in [1.29, 1.82) is 0 Å². The Kier molecular flexibility index (Phi) is 4.69. The standard InChI is InChI=1S/C16H25NO4/c1-11(2)8-12(14(19)20)10-17-13(18)9-16(15(17)21)6-4-3-5-7-16/h11-12H,3-10H2,1-2H3,(H,19,20). The SMILES string of the molecule is CC(C)CC(CN1C(=O)CC2(CCCCC2)C1=O)C(=O)O. The number of likely N-dealkylation sites (tertiary alicyclic amines) is 1. The van der Waals surface area contributed by atoms with Crippen LogP contribution in [-0.2, 0) is 14.4 Å². The van der Waals surface area contributed by atoms with Gasteiger partial charge in [-0.1, -0.05) is 33.1 Å². The van der Waals surface area contributed by atoms with Gasteiger partial charge < -0.3 is 5.11 Å². The van der Waals surface area contributed by atoms with Crippen LogP contribution >= 0.6 is 0 Å². The lowest BCUT2D eigenvalue weighted by Gasteiger charge is -2.31. The zero-order chi connectivity index (χ0) is 15.6. The van der Waals surface area contributed by atoms with E-state index >= 15 is 0 Å². The normalized spacial score (nSPS) is 23.1. The van der Waals surface area contributed by atoms with Crippen LogP contribution in [0.4, 0.5) is 0 Å². The van der Waals surface area contributed by atoms with E-state index in [2.05, 4.69) is 0 Å². The summed E-state index contributed by atoms with van der Waals surface area (Å²) in [6, 6.07) is 0. The molecule has 5 nitrogen and oxygen atoms in total. The van der Waals surface area contributed by atoms with Crippen LogP contribution in [0.3, 0.4) is 0 Å². The average Bonchev–Trinajstić information content (AvgIpc) is 2.62. The highest BCUT2D eigenvalue weighted by Gasteiger charge is 2.52. The van der Waals surface area contributed by atoms with Crippen molar-refractivity contribution in [2.45, 2.75) is 58.8 Å². The summed E-state index contributed by atoms with van der Waals surface area (Å²) in [5, 5.41) is 9.31. The number of carboxylic acids is 1. The quantitative estimate of drug-likeness (QED) is 0.790. The minimum atomic E-state index is -0.922. The van der Waals surface area contributed by atoms with Crippen LogP contribution in [0.15, 0.2) is 0 Å². The maximum Gasteiger partial charge on any atom is 0.308 e. The van der Waals surface area contributed by atoms with Crippen LogP contribution < -0.4 is 0 Å². The number of carbonyl (C=O) groups excluding carboxylic acids is 2. The third-order valence-electron chi connectivity index (χ3n) is 4.81. The van der Waals surface area contributed by atoms with Crippen molar-refractivity contribution in [1.82, 2.24) is 4.90 Å². The Morgan fingerprint density at radius 1 is 1.24 bits per heavy atom. The molecular formula is C16H25NO4. The number of amides is 2. The first-order valence-electron chi connectivity index (χ1n) is 7.93. The smallest absolute Gasteiger partial charge is 0.308 e. The summed E-state index contributed by atoms with van der Waals surface area (Å²) in [7, 11) is 0. The molecule has 1 N–H and O–H groups in total. The number of aliphatic carboxylic acids is 1. The van der Waals surface area contributed by atoms with Crippen LogP contribution in [0.2, 0.25) is 0 Å². The molecule has 21 heavy (non-hydrogen) atoms. The molecular weight excluding hydrogens is 270 g/mol. The number of hydrogen-bond acceptors (Lipinski definition) is 3. The predicted octanol–water partition coefficient (Wildman–Crippen LogP) is 2.44. The van der Waals surface area contributed by atoms with Gasteiger partial charge in [0.15, 0.2) is 0 Å². The van der Waals surface area contributed by atoms with Gasteiger partial charge in [-0.3, -0.25) is 19.3 Å². The zero-order valence-electron chi connectivity index (χ0n) is 12.9. The molecule has 1 saturated carbocycles. The monoisotopic (exact) mass is 295 g/mol. The molecule has 2 aliphatic rings. The van der Waals surface area contributed by atoms with E-state index in [0.29, 0.717) is 6.42 Å². The van der Waals surface area contributed by atoms with Crippen molar-refractivity contribution >= 4 is 17.8 Å². The number of imide groups is 1. The van der Waals surface area contributed by atoms with Crippen LogP contribution in [0, 0.1) is 17.3 Å². The van der Waals surface area contributed by atoms with Gasteiger partial charge >= 0.3 is 5.97 Å². The fourth-order valence-corrected chi connectivity index (χ4v) is 3.71. The number of hydrogen-bond donors (Lipinski definition) is 1. The van der Waals surface area contributed by atoms with E-state index in [1.54, 1.807) is 0 Å². The van der Waals surface area contributed by atoms with E-state index in [0.717, 1.165) is 32.1 Å². The molecule has 1 unspecified atom stereocenters. The van der Waals surface area contributed by atoms with Crippen molar-refractivity contribution < 1.29 is 19.5 Å². The van der Waals surface area contributed by atoms with Crippen molar-refractivity contribution in [3.05, 3.63) is 0 Å². The maximum atomic E-state index is 12.6. The van der Waals surface area contributed by atoms with Crippen molar-refractivity contribution in [3.8, 4) is 0 Å². The van der Waals surface area contributed by atoms with Gasteiger partial charge in [0.05, 0.1) is 11.3 Å². The third-order valence-corrected chi connectivity index (χ3v) is 4.81. The third kappa shape index (κ3) is 3.27. The van der Waals surface area contributed by atoms with Gasteiger partial charge in [0.25, 0.3) is 0 Å². The second-order valence-corrected chi connectivity index (χ2v) is 6.99. The Balaban J connectivity index is 2.10. The van der Waals surface area contributed by atoms with E-state index in [9.17, 15) is 19.5 Å². The summed E-state index contributed by atoms with van der Waals surface area (Å²) in [5.74, 6) is -1.66. The summed E-state index contributed by atoms with van der Waals surface area (Å²) in [4.78, 5) is 37.4. The van der Waals surface area contributed by atoms with E-state index in [4.69, 9.17) is 0 Å². The first-order valence-corrected chi connectivity index (χ1v) is 7.93. The maximum absolute atomic E-state index is 12.6. The minimum absolute atomic E-state index is 0.0347. The lowest BCUT2D eigenvalue weighted by atomic mass is 9.73. The highest BCUT2D eigenvalue weighted by molar-refractivity contribution is 6.06. The topological polar surface area (TPSA) is 74.7 Å². The largest absolute Gasteiger partial charge is 0.481 e. The molecule has 1 heterocycles. The highest BCUT2D eigenvalue weighted by atomic mass is 16.4. The lowest BCUT2D eigenvalue weighted by molar-refractivity contribution is -0.147. The van der Waals surface area contributed by atoms with Gasteiger partial charge in [-0.25, -0.2) is 0 Å². The van der Waals surface area contributed by atoms with Gasteiger partial charge in [0.2, 0.25) is 11.8 Å². The first-order chi connectivity index (χ1) is 9.85. The molecule has 0 aromatic heterocycles. The number of carboxylic acid groups (broad SMARTS) is 1. The summed E-state index contributed by atoms with van der Waals surface area (Å²) >= 11 is 0. The van der Waals surface area contributed by atoms with Crippen molar-refractivity contribution in [2.24, 2.45) is 17.3 Å². The average molecular weight is 295 g/mol. The molecule has 1 saturated heterocycles. The van der Waals surface area contributed by atoms with Crippen LogP contribution in [0.25, 0.3) is 0 Å². The van der Waals surface area contributed by atoms with Gasteiger partial charge in [-0.15, -0.1) is 0 Å².